The Morgan fingerprint density at radius 3 is 2.48 bits per heavy atom. The molecule has 3 nitrogen and oxygen atoms in total. The van der Waals surface area contributed by atoms with Crippen LogP contribution >= 0.6 is 0 Å². The summed E-state index contributed by atoms with van der Waals surface area (Å²) in [7, 11) is 0. The first kappa shape index (κ1) is 13.3. The second-order valence-corrected chi connectivity index (χ2v) is 4.81. The molecule has 0 fully saturated rings. The van der Waals surface area contributed by atoms with E-state index >= 15 is 0 Å². The molecule has 0 saturated heterocycles. The standard InChI is InChI=1S/C16H11F2N3/c1-10-20-15-6-13(17)14(18)7-16(15)21(10)9-12-4-2-11(8-19)3-5-12/h2-7H,9H2,1H3. The van der Waals surface area contributed by atoms with Gasteiger partial charge in [0.2, 0.25) is 0 Å². The Morgan fingerprint density at radius 1 is 1.14 bits per heavy atom. The van der Waals surface area contributed by atoms with E-state index in [1.807, 2.05) is 16.7 Å². The second-order valence-electron chi connectivity index (χ2n) is 4.81. The van der Waals surface area contributed by atoms with E-state index in [1.165, 1.54) is 0 Å². The Bertz CT molecular complexity index is 858. The van der Waals surface area contributed by atoms with Crippen LogP contribution in [-0.2, 0) is 6.54 Å². The van der Waals surface area contributed by atoms with E-state index in [2.05, 4.69) is 11.1 Å². The van der Waals surface area contributed by atoms with Gasteiger partial charge in [-0.1, -0.05) is 12.1 Å². The zero-order valence-electron chi connectivity index (χ0n) is 11.3. The van der Waals surface area contributed by atoms with Crippen molar-refractivity contribution in [1.82, 2.24) is 9.55 Å². The van der Waals surface area contributed by atoms with E-state index < -0.39 is 11.6 Å². The van der Waals surface area contributed by atoms with Gasteiger partial charge in [0.1, 0.15) is 5.82 Å². The van der Waals surface area contributed by atoms with Crippen molar-refractivity contribution in [3.05, 3.63) is 65.0 Å². The summed E-state index contributed by atoms with van der Waals surface area (Å²) in [4.78, 5) is 4.25. The molecule has 0 radical (unpaired) electrons. The summed E-state index contributed by atoms with van der Waals surface area (Å²) < 4.78 is 28.5. The van der Waals surface area contributed by atoms with Gasteiger partial charge in [-0.05, 0) is 24.6 Å². The van der Waals surface area contributed by atoms with Crippen LogP contribution in [0.15, 0.2) is 36.4 Å². The zero-order valence-corrected chi connectivity index (χ0v) is 11.3. The highest BCUT2D eigenvalue weighted by Crippen LogP contribution is 2.21. The summed E-state index contributed by atoms with van der Waals surface area (Å²) in [5, 5.41) is 8.78. The van der Waals surface area contributed by atoms with E-state index in [0.717, 1.165) is 17.7 Å². The minimum atomic E-state index is -0.898. The van der Waals surface area contributed by atoms with Crippen LogP contribution in [0.3, 0.4) is 0 Å². The molecule has 0 unspecified atom stereocenters. The van der Waals surface area contributed by atoms with Crippen molar-refractivity contribution < 1.29 is 8.78 Å². The van der Waals surface area contributed by atoms with Crippen molar-refractivity contribution in [3.8, 4) is 6.07 Å². The van der Waals surface area contributed by atoms with Gasteiger partial charge in [0.15, 0.2) is 11.6 Å². The van der Waals surface area contributed by atoms with Crippen molar-refractivity contribution in [1.29, 1.82) is 5.26 Å². The first-order valence-corrected chi connectivity index (χ1v) is 6.39. The van der Waals surface area contributed by atoms with Crippen molar-refractivity contribution in [2.75, 3.05) is 0 Å². The molecule has 0 aliphatic carbocycles. The maximum Gasteiger partial charge on any atom is 0.161 e. The molecule has 104 valence electrons. The third-order valence-electron chi connectivity index (χ3n) is 3.40. The average Bonchev–Trinajstić information content (AvgIpc) is 2.76. The van der Waals surface area contributed by atoms with Gasteiger partial charge in [-0.25, -0.2) is 13.8 Å². The molecule has 5 heteroatoms. The number of nitrogens with zero attached hydrogens (tertiary/aromatic N) is 3. The van der Waals surface area contributed by atoms with Crippen molar-refractivity contribution in [2.45, 2.75) is 13.5 Å². The molecule has 0 atom stereocenters. The predicted molar refractivity (Wildman–Crippen MR) is 74.6 cm³/mol. The van der Waals surface area contributed by atoms with Crippen molar-refractivity contribution >= 4 is 11.0 Å². The van der Waals surface area contributed by atoms with Crippen LogP contribution in [0, 0.1) is 29.9 Å². The number of imidazole rings is 1. The summed E-state index contributed by atoms with van der Waals surface area (Å²) in [6.07, 6.45) is 0. The Kier molecular flexibility index (Phi) is 3.15. The molecule has 21 heavy (non-hydrogen) atoms. The Morgan fingerprint density at radius 2 is 1.81 bits per heavy atom. The number of hydrogen-bond donors (Lipinski definition) is 0. The van der Waals surface area contributed by atoms with E-state index in [4.69, 9.17) is 5.26 Å². The quantitative estimate of drug-likeness (QED) is 0.721. The van der Waals surface area contributed by atoms with Crippen LogP contribution in [-0.4, -0.2) is 9.55 Å². The third kappa shape index (κ3) is 2.36. The summed E-state index contributed by atoms with van der Waals surface area (Å²) in [6, 6.07) is 11.4. The first-order valence-electron chi connectivity index (χ1n) is 6.39. The van der Waals surface area contributed by atoms with Crippen LogP contribution in [0.1, 0.15) is 17.0 Å². The Balaban J connectivity index is 2.05. The molecule has 0 saturated carbocycles. The van der Waals surface area contributed by atoms with E-state index in [9.17, 15) is 8.78 Å². The van der Waals surface area contributed by atoms with Gasteiger partial charge in [0, 0.05) is 18.7 Å². The smallest absolute Gasteiger partial charge is 0.161 e. The van der Waals surface area contributed by atoms with Crippen molar-refractivity contribution in [3.63, 3.8) is 0 Å². The number of halogens is 2. The van der Waals surface area contributed by atoms with Gasteiger partial charge in [-0.15, -0.1) is 0 Å². The highest BCUT2D eigenvalue weighted by atomic mass is 19.2. The molecule has 1 aromatic heterocycles. The molecule has 1 heterocycles. The maximum absolute atomic E-state index is 13.4. The van der Waals surface area contributed by atoms with Crippen LogP contribution in [0.2, 0.25) is 0 Å². The molecule has 0 aliphatic rings. The normalized spacial score (nSPS) is 10.8. The zero-order chi connectivity index (χ0) is 15.0. The minimum Gasteiger partial charge on any atom is -0.324 e. The number of fused-ring (bicyclic) bond motifs is 1. The highest BCUT2D eigenvalue weighted by molar-refractivity contribution is 5.76. The molecule has 0 N–H and O–H groups in total. The number of aryl methyl sites for hydroxylation is 1. The first-order chi connectivity index (χ1) is 10.1. The van der Waals surface area contributed by atoms with E-state index in [1.54, 1.807) is 19.1 Å². The molecule has 3 aromatic rings. The molecule has 0 spiro atoms. The largest absolute Gasteiger partial charge is 0.324 e. The fourth-order valence-corrected chi connectivity index (χ4v) is 2.31. The molecule has 0 aliphatic heterocycles. The topological polar surface area (TPSA) is 41.6 Å². The van der Waals surface area contributed by atoms with Crippen LogP contribution in [0.25, 0.3) is 11.0 Å². The fourth-order valence-electron chi connectivity index (χ4n) is 2.31. The van der Waals surface area contributed by atoms with Crippen LogP contribution < -0.4 is 0 Å². The lowest BCUT2D eigenvalue weighted by atomic mass is 10.1. The lowest BCUT2D eigenvalue weighted by Gasteiger charge is -2.07. The average molecular weight is 283 g/mol. The SMILES string of the molecule is Cc1nc2cc(F)c(F)cc2n1Cc1ccc(C#N)cc1. The van der Waals surface area contributed by atoms with Gasteiger partial charge in [-0.3, -0.25) is 0 Å². The molecule has 0 bridgehead atoms. The van der Waals surface area contributed by atoms with Gasteiger partial charge in [-0.2, -0.15) is 5.26 Å². The number of nitriles is 1. The van der Waals surface area contributed by atoms with Gasteiger partial charge in [0.25, 0.3) is 0 Å². The molecule has 3 rings (SSSR count). The summed E-state index contributed by atoms with van der Waals surface area (Å²) in [5.41, 5.74) is 2.52. The van der Waals surface area contributed by atoms with E-state index in [-0.39, 0.29) is 0 Å². The Labute approximate surface area is 120 Å². The fraction of sp³-hybridized carbons (Fsp3) is 0.125. The molecular formula is C16H11F2N3. The van der Waals surface area contributed by atoms with Crippen LogP contribution in [0.5, 0.6) is 0 Å². The molecule has 0 amide bonds. The minimum absolute atomic E-state index is 0.431. The van der Waals surface area contributed by atoms with E-state index in [0.29, 0.717) is 29.0 Å². The summed E-state index contributed by atoms with van der Waals surface area (Å²) >= 11 is 0. The number of benzene rings is 2. The lowest BCUT2D eigenvalue weighted by molar-refractivity contribution is 0.510. The maximum atomic E-state index is 13.4. The van der Waals surface area contributed by atoms with Gasteiger partial charge in [0.05, 0.1) is 22.7 Å². The number of aromatic nitrogens is 2. The lowest BCUT2D eigenvalue weighted by Crippen LogP contribution is -2.02. The summed E-state index contributed by atoms with van der Waals surface area (Å²) in [5.74, 6) is -1.10. The van der Waals surface area contributed by atoms with Crippen molar-refractivity contribution in [2.24, 2.45) is 0 Å². The predicted octanol–water partition coefficient (Wildman–Crippen LogP) is 3.54. The number of hydrogen-bond acceptors (Lipinski definition) is 2. The highest BCUT2D eigenvalue weighted by Gasteiger charge is 2.12. The molecular weight excluding hydrogens is 272 g/mol. The van der Waals surface area contributed by atoms with Gasteiger partial charge >= 0.3 is 0 Å². The number of rotatable bonds is 2. The van der Waals surface area contributed by atoms with Gasteiger partial charge < -0.3 is 4.57 Å². The van der Waals surface area contributed by atoms with Crippen LogP contribution in [0.4, 0.5) is 8.78 Å². The monoisotopic (exact) mass is 283 g/mol. The summed E-state index contributed by atoms with van der Waals surface area (Å²) in [6.45, 7) is 2.28. The molecule has 2 aromatic carbocycles. The Hall–Kier alpha value is -2.74. The second kappa shape index (κ2) is 4.98. The third-order valence-corrected chi connectivity index (χ3v) is 3.40.